The third kappa shape index (κ3) is 4.56. The van der Waals surface area contributed by atoms with E-state index in [0.29, 0.717) is 0 Å². The van der Waals surface area contributed by atoms with Crippen molar-refractivity contribution in [2.45, 2.75) is 32.6 Å². The van der Waals surface area contributed by atoms with Crippen LogP contribution in [-0.4, -0.2) is 7.11 Å². The highest BCUT2D eigenvalue weighted by atomic mass is 127. The van der Waals surface area contributed by atoms with Crippen molar-refractivity contribution in [2.24, 2.45) is 0 Å². The maximum atomic E-state index is 5.14. The molecule has 1 aromatic rings. The van der Waals surface area contributed by atoms with Gasteiger partial charge >= 0.3 is 0 Å². The monoisotopic (exact) mass is 330 g/mol. The van der Waals surface area contributed by atoms with E-state index in [4.69, 9.17) is 4.74 Å². The van der Waals surface area contributed by atoms with Gasteiger partial charge in [-0.3, -0.25) is 0 Å². The Morgan fingerprint density at radius 2 is 1.94 bits per heavy atom. The van der Waals surface area contributed by atoms with Crippen LogP contribution in [0.1, 0.15) is 38.2 Å². The zero-order valence-electron chi connectivity index (χ0n) is 10.0. The molecule has 1 aromatic carbocycles. The van der Waals surface area contributed by atoms with Crippen molar-refractivity contribution in [1.29, 1.82) is 0 Å². The Labute approximate surface area is 112 Å². The van der Waals surface area contributed by atoms with Crippen LogP contribution in [0, 0.1) is 0 Å². The number of methoxy groups -OCH3 is 1. The molecule has 1 rings (SSSR count). The van der Waals surface area contributed by atoms with Gasteiger partial charge in [-0.2, -0.15) is 0 Å². The fraction of sp³-hybridized carbons (Fsp3) is 0.429. The molecule has 0 N–H and O–H groups in total. The molecular formula is C14H19IO. The van der Waals surface area contributed by atoms with Crippen LogP contribution in [0.25, 0.3) is 3.58 Å². The average molecular weight is 330 g/mol. The Bertz CT molecular complexity index is 327. The van der Waals surface area contributed by atoms with Gasteiger partial charge in [0.15, 0.2) is 0 Å². The van der Waals surface area contributed by atoms with Gasteiger partial charge in [-0.25, -0.2) is 0 Å². The summed E-state index contributed by atoms with van der Waals surface area (Å²) >= 11 is 2.40. The Balaban J connectivity index is 2.54. The van der Waals surface area contributed by atoms with Gasteiger partial charge in [0.25, 0.3) is 0 Å². The Morgan fingerprint density at radius 1 is 1.25 bits per heavy atom. The molecule has 88 valence electrons. The molecule has 0 radical (unpaired) electrons. The summed E-state index contributed by atoms with van der Waals surface area (Å²) in [6, 6.07) is 8.23. The fourth-order valence-corrected chi connectivity index (χ4v) is 2.16. The van der Waals surface area contributed by atoms with Crippen LogP contribution in [0.5, 0.6) is 5.75 Å². The summed E-state index contributed by atoms with van der Waals surface area (Å²) in [6.45, 7) is 2.23. The maximum absolute atomic E-state index is 5.14. The first-order valence-corrected chi connectivity index (χ1v) is 6.86. The van der Waals surface area contributed by atoms with E-state index in [1.165, 1.54) is 34.8 Å². The highest BCUT2D eigenvalue weighted by molar-refractivity contribution is 14.1. The van der Waals surface area contributed by atoms with Crippen LogP contribution in [0.4, 0.5) is 0 Å². The summed E-state index contributed by atoms with van der Waals surface area (Å²) in [7, 11) is 1.70. The van der Waals surface area contributed by atoms with Crippen LogP contribution in [0.3, 0.4) is 0 Å². The van der Waals surface area contributed by atoms with Gasteiger partial charge in [-0.05, 0) is 53.1 Å². The second-order valence-electron chi connectivity index (χ2n) is 3.78. The minimum Gasteiger partial charge on any atom is -0.497 e. The lowest BCUT2D eigenvalue weighted by molar-refractivity contribution is 0.415. The molecule has 0 aliphatic rings. The summed E-state index contributed by atoms with van der Waals surface area (Å²) < 4.78 is 6.47. The van der Waals surface area contributed by atoms with Crippen LogP contribution in [-0.2, 0) is 0 Å². The van der Waals surface area contributed by atoms with Crippen LogP contribution < -0.4 is 4.74 Å². The lowest BCUT2D eigenvalue weighted by Crippen LogP contribution is -1.83. The van der Waals surface area contributed by atoms with E-state index in [1.54, 1.807) is 7.11 Å². The van der Waals surface area contributed by atoms with Crippen LogP contribution >= 0.6 is 22.6 Å². The van der Waals surface area contributed by atoms with E-state index in [0.717, 1.165) is 5.75 Å². The predicted molar refractivity (Wildman–Crippen MR) is 79.1 cm³/mol. The molecule has 0 bridgehead atoms. The van der Waals surface area contributed by atoms with Gasteiger partial charge in [0, 0.05) is 3.58 Å². The smallest absolute Gasteiger partial charge is 0.118 e. The van der Waals surface area contributed by atoms with Gasteiger partial charge in [-0.15, -0.1) is 0 Å². The SMILES string of the molecule is CCCCC/C=C(/I)c1ccc(OC)cc1. The number of ether oxygens (including phenoxy) is 1. The van der Waals surface area contributed by atoms with E-state index in [1.807, 2.05) is 12.1 Å². The summed E-state index contributed by atoms with van der Waals surface area (Å²) in [4.78, 5) is 0. The summed E-state index contributed by atoms with van der Waals surface area (Å²) in [5, 5.41) is 0. The summed E-state index contributed by atoms with van der Waals surface area (Å²) in [5.41, 5.74) is 1.28. The third-order valence-corrected chi connectivity index (χ3v) is 3.56. The van der Waals surface area contributed by atoms with Gasteiger partial charge < -0.3 is 4.74 Å². The largest absolute Gasteiger partial charge is 0.497 e. The number of rotatable bonds is 6. The van der Waals surface area contributed by atoms with E-state index < -0.39 is 0 Å². The number of halogens is 1. The van der Waals surface area contributed by atoms with Crippen molar-refractivity contribution in [1.82, 2.24) is 0 Å². The Hall–Kier alpha value is -0.510. The molecule has 16 heavy (non-hydrogen) atoms. The zero-order valence-corrected chi connectivity index (χ0v) is 12.2. The first-order valence-electron chi connectivity index (χ1n) is 5.78. The molecule has 0 aliphatic heterocycles. The van der Waals surface area contributed by atoms with E-state index in [-0.39, 0.29) is 0 Å². The number of unbranched alkanes of at least 4 members (excludes halogenated alkanes) is 3. The predicted octanol–water partition coefficient (Wildman–Crippen LogP) is 5.05. The Kier molecular flexibility index (Phi) is 6.53. The quantitative estimate of drug-likeness (QED) is 0.524. The normalized spacial score (nSPS) is 11.6. The van der Waals surface area contributed by atoms with Crippen LogP contribution in [0.15, 0.2) is 30.3 Å². The molecule has 0 saturated carbocycles. The number of hydrogen-bond donors (Lipinski definition) is 0. The van der Waals surface area contributed by atoms with Gasteiger partial charge in [-0.1, -0.05) is 38.0 Å². The first kappa shape index (κ1) is 13.6. The second-order valence-corrected chi connectivity index (χ2v) is 4.94. The third-order valence-electron chi connectivity index (χ3n) is 2.50. The standard InChI is InChI=1S/C14H19IO/c1-3-4-5-6-7-14(15)12-8-10-13(16-2)11-9-12/h7-11H,3-6H2,1-2H3/b14-7+. The van der Waals surface area contributed by atoms with Crippen molar-refractivity contribution in [3.8, 4) is 5.75 Å². The lowest BCUT2D eigenvalue weighted by atomic mass is 10.1. The minimum absolute atomic E-state index is 0.916. The van der Waals surface area contributed by atoms with Gasteiger partial charge in [0.05, 0.1) is 7.11 Å². The zero-order chi connectivity index (χ0) is 11.8. The van der Waals surface area contributed by atoms with Crippen molar-refractivity contribution >= 4 is 26.2 Å². The van der Waals surface area contributed by atoms with E-state index >= 15 is 0 Å². The van der Waals surface area contributed by atoms with Crippen molar-refractivity contribution in [2.75, 3.05) is 7.11 Å². The van der Waals surface area contributed by atoms with Crippen molar-refractivity contribution in [3.63, 3.8) is 0 Å². The first-order chi connectivity index (χ1) is 7.77. The van der Waals surface area contributed by atoms with E-state index in [2.05, 4.69) is 47.7 Å². The maximum Gasteiger partial charge on any atom is 0.118 e. The van der Waals surface area contributed by atoms with Crippen LogP contribution in [0.2, 0.25) is 0 Å². The average Bonchev–Trinajstić information content (AvgIpc) is 2.34. The molecular weight excluding hydrogens is 311 g/mol. The number of allylic oxidation sites excluding steroid dienone is 1. The molecule has 2 heteroatoms. The summed E-state index contributed by atoms with van der Waals surface area (Å²) in [5.74, 6) is 0.916. The molecule has 0 amide bonds. The highest BCUT2D eigenvalue weighted by Gasteiger charge is 1.97. The molecule has 0 fully saturated rings. The molecule has 0 aliphatic carbocycles. The van der Waals surface area contributed by atoms with E-state index in [9.17, 15) is 0 Å². The van der Waals surface area contributed by atoms with Crippen molar-refractivity contribution < 1.29 is 4.74 Å². The molecule has 0 spiro atoms. The fourth-order valence-electron chi connectivity index (χ4n) is 1.49. The topological polar surface area (TPSA) is 9.23 Å². The molecule has 0 heterocycles. The van der Waals surface area contributed by atoms with Crippen molar-refractivity contribution in [3.05, 3.63) is 35.9 Å². The minimum atomic E-state index is 0.916. The Morgan fingerprint density at radius 3 is 2.50 bits per heavy atom. The highest BCUT2D eigenvalue weighted by Crippen LogP contribution is 2.24. The molecule has 1 nitrogen and oxygen atoms in total. The molecule has 0 saturated heterocycles. The molecule has 0 atom stereocenters. The molecule has 0 unspecified atom stereocenters. The lowest BCUT2D eigenvalue weighted by Gasteiger charge is -2.02. The van der Waals surface area contributed by atoms with Gasteiger partial charge in [0.1, 0.15) is 5.75 Å². The molecule has 0 aromatic heterocycles. The summed E-state index contributed by atoms with van der Waals surface area (Å²) in [6.07, 6.45) is 7.39. The number of benzene rings is 1. The second kappa shape index (κ2) is 7.71. The van der Waals surface area contributed by atoms with Gasteiger partial charge in [0.2, 0.25) is 0 Å². The number of hydrogen-bond acceptors (Lipinski definition) is 1.